The van der Waals surface area contributed by atoms with E-state index in [9.17, 15) is 40.5 Å². The van der Waals surface area contributed by atoms with Crippen LogP contribution in [0.3, 0.4) is 0 Å². The van der Waals surface area contributed by atoms with Crippen LogP contribution in [-0.4, -0.2) is 146 Å². The highest BCUT2D eigenvalue weighted by Gasteiger charge is 2.39. The van der Waals surface area contributed by atoms with E-state index in [2.05, 4.69) is 60.8 Å². The number of methoxy groups -OCH3 is 2. The van der Waals surface area contributed by atoms with Crippen LogP contribution < -0.4 is 40.5 Å². The van der Waals surface area contributed by atoms with E-state index in [1.165, 1.54) is 24.0 Å². The van der Waals surface area contributed by atoms with E-state index < -0.39 is 43.4 Å². The number of alkyl halides is 6. The summed E-state index contributed by atoms with van der Waals surface area (Å²) in [5, 5.41) is 11.4. The third-order valence-corrected chi connectivity index (χ3v) is 15.4. The van der Waals surface area contributed by atoms with Gasteiger partial charge in [-0.15, -0.1) is 0 Å². The quantitative estimate of drug-likeness (QED) is 0.0467. The molecule has 2 aromatic heterocycles. The molecule has 10 rings (SSSR count). The first kappa shape index (κ1) is 57.3. The van der Waals surface area contributed by atoms with Crippen LogP contribution in [0.1, 0.15) is 54.1 Å². The second-order valence-corrected chi connectivity index (χ2v) is 21.3. The summed E-state index contributed by atoms with van der Waals surface area (Å²) in [6.45, 7) is 6.41. The summed E-state index contributed by atoms with van der Waals surface area (Å²) >= 11 is 0. The number of carbonyl (C=O) groups is 2. The lowest BCUT2D eigenvalue weighted by Crippen LogP contribution is -2.44. The van der Waals surface area contributed by atoms with Crippen LogP contribution in [0.5, 0.6) is 11.5 Å². The molecule has 2 saturated heterocycles. The summed E-state index contributed by atoms with van der Waals surface area (Å²) in [5.74, 6) is -1.80. The maximum absolute atomic E-state index is 14.4. The summed E-state index contributed by atoms with van der Waals surface area (Å²) in [7, 11) is 6.96. The minimum Gasteiger partial charge on any atom is -0.495 e. The summed E-state index contributed by atoms with van der Waals surface area (Å²) in [5.41, 5.74) is 3.27. The van der Waals surface area contributed by atoms with E-state index in [-0.39, 0.29) is 82.3 Å². The molecule has 21 nitrogen and oxygen atoms in total. The van der Waals surface area contributed by atoms with Crippen LogP contribution in [0, 0.1) is 0 Å². The molecule has 0 atom stereocenters. The van der Waals surface area contributed by atoms with Crippen molar-refractivity contribution < 1.29 is 59.0 Å². The van der Waals surface area contributed by atoms with Crippen LogP contribution in [0.2, 0.25) is 0 Å². The van der Waals surface area contributed by atoms with Crippen molar-refractivity contribution in [2.75, 3.05) is 126 Å². The molecule has 4 aromatic carbocycles. The Balaban J connectivity index is 0.777. The molecule has 0 bridgehead atoms. The average Bonchev–Trinajstić information content (AvgIpc) is 3.34. The Morgan fingerprint density at radius 2 is 0.915 bits per heavy atom. The average molecular weight is 1160 g/mol. The van der Waals surface area contributed by atoms with Crippen LogP contribution >= 0.6 is 8.25 Å². The number of carbonyl (C=O) groups excluding carboxylic acids is 2. The van der Waals surface area contributed by atoms with Gasteiger partial charge in [-0.2, -0.15) is 36.3 Å². The molecule has 0 saturated carbocycles. The molecule has 6 aromatic rings. The molecule has 4 aliphatic rings. The summed E-state index contributed by atoms with van der Waals surface area (Å²) in [6, 6.07) is 16.2. The zero-order chi connectivity index (χ0) is 58.2. The van der Waals surface area contributed by atoms with Gasteiger partial charge in [-0.3, -0.25) is 14.2 Å². The van der Waals surface area contributed by atoms with E-state index in [0.29, 0.717) is 47.7 Å². The number of fused-ring (bicyclic) bond motifs is 2. The molecule has 0 radical (unpaired) electrons. The number of hydrogen-bond acceptors (Lipinski definition) is 19. The molecule has 0 aliphatic carbocycles. The van der Waals surface area contributed by atoms with Crippen LogP contribution in [-0.2, 0) is 52.3 Å². The van der Waals surface area contributed by atoms with Crippen molar-refractivity contribution in [1.29, 1.82) is 0 Å². The van der Waals surface area contributed by atoms with E-state index in [1.54, 1.807) is 62.6 Å². The fourth-order valence-corrected chi connectivity index (χ4v) is 10.8. The van der Waals surface area contributed by atoms with Crippen molar-refractivity contribution in [1.82, 2.24) is 39.5 Å². The molecule has 6 heterocycles. The Morgan fingerprint density at radius 1 is 0.537 bits per heavy atom. The molecule has 28 heteroatoms. The van der Waals surface area contributed by atoms with Crippen LogP contribution in [0.25, 0.3) is 0 Å². The van der Waals surface area contributed by atoms with E-state index in [4.69, 9.17) is 18.5 Å². The Hall–Kier alpha value is -7.97. The van der Waals surface area contributed by atoms with Crippen molar-refractivity contribution >= 4 is 77.7 Å². The smallest absolute Gasteiger partial charge is 0.421 e. The minimum absolute atomic E-state index is 0.169. The molecule has 0 spiro atoms. The SMILES string of the molecule is COc1cc(CO[PH](=O)OCc2ccc(Nc3ncc(C(F)(F)F)c(Nc4ccc(N5CCN(C)CC5)c5c4C(=O)N(C)C5)n3)c(OC)c2)ccc1Nc1ncc(C(F)(F)F)c(Nc2ccc(N3CCN(C)CC3)c3c2C(=O)N(C)C3)n1. The third kappa shape index (κ3) is 12.3. The number of nitrogens with zero attached hydrogens (tertiary/aromatic N) is 10. The lowest BCUT2D eigenvalue weighted by atomic mass is 10.0. The van der Waals surface area contributed by atoms with Crippen molar-refractivity contribution in [3.8, 4) is 11.5 Å². The normalized spacial score (nSPS) is 16.0. The highest BCUT2D eigenvalue weighted by molar-refractivity contribution is 7.33. The first-order valence-electron chi connectivity index (χ1n) is 25.9. The fraction of sp³-hybridized carbons (Fsp3) is 0.370. The monoisotopic (exact) mass is 1160 g/mol. The van der Waals surface area contributed by atoms with Gasteiger partial charge in [-0.1, -0.05) is 12.1 Å². The number of ether oxygens (including phenoxy) is 2. The number of anilines is 10. The largest absolute Gasteiger partial charge is 0.495 e. The standard InChI is InChI=1S/C54H59F6N14O7P/c1-69-15-19-73(20-16-69)41-13-11-39(45-33(41)27-71(3)49(45)75)63-47-35(53(55,56)57)25-61-51(67-47)65-37-9-7-31(23-43(37)78-5)29-80-82(77)81-30-32-8-10-38(44(24-32)79-6)66-52-62-26-36(54(58,59)60)48(68-52)64-40-12-14-42(74-21-17-70(2)18-22-74)34-28-72(4)50(76)46(34)40/h7-14,23-26,82H,15-22,27-30H2,1-6H3,(H2,61,63,65,67)(H2,62,64,66,68). The number of aromatic nitrogens is 4. The predicted octanol–water partition coefficient (Wildman–Crippen LogP) is 9.09. The molecule has 82 heavy (non-hydrogen) atoms. The predicted molar refractivity (Wildman–Crippen MR) is 296 cm³/mol. The van der Waals surface area contributed by atoms with Crippen molar-refractivity contribution in [2.24, 2.45) is 0 Å². The first-order chi connectivity index (χ1) is 39.1. The number of nitrogens with one attached hydrogen (secondary N) is 4. The molecule has 4 aliphatic heterocycles. The topological polar surface area (TPSA) is 207 Å². The molecule has 2 fully saturated rings. The summed E-state index contributed by atoms with van der Waals surface area (Å²) in [4.78, 5) is 55.1. The number of benzene rings is 4. The lowest BCUT2D eigenvalue weighted by molar-refractivity contribution is -0.138. The number of likely N-dealkylation sites (N-methyl/N-ethyl adjacent to an activating group) is 2. The van der Waals surface area contributed by atoms with Gasteiger partial charge in [0.2, 0.25) is 11.9 Å². The maximum Gasteiger partial charge on any atom is 0.421 e. The Morgan fingerprint density at radius 3 is 1.28 bits per heavy atom. The minimum atomic E-state index is -4.85. The lowest BCUT2D eigenvalue weighted by Gasteiger charge is -2.35. The number of amides is 2. The zero-order valence-electron chi connectivity index (χ0n) is 45.5. The number of piperazine rings is 2. The van der Waals surface area contributed by atoms with E-state index in [1.807, 2.05) is 26.2 Å². The van der Waals surface area contributed by atoms with Crippen LogP contribution in [0.15, 0.2) is 73.1 Å². The third-order valence-electron chi connectivity index (χ3n) is 14.6. The first-order valence-corrected chi connectivity index (χ1v) is 27.2. The highest BCUT2D eigenvalue weighted by atomic mass is 31.1. The highest BCUT2D eigenvalue weighted by Crippen LogP contribution is 2.44. The van der Waals surface area contributed by atoms with Gasteiger partial charge >= 0.3 is 20.6 Å². The molecule has 2 amide bonds. The number of halogens is 6. The van der Waals surface area contributed by atoms with Gasteiger partial charge in [0, 0.05) is 114 Å². The molecule has 434 valence electrons. The maximum atomic E-state index is 14.4. The summed E-state index contributed by atoms with van der Waals surface area (Å²) < 4.78 is 122. The molecular weight excluding hydrogens is 1100 g/mol. The Labute approximate surface area is 468 Å². The summed E-state index contributed by atoms with van der Waals surface area (Å²) in [6.07, 6.45) is -8.41. The molecular formula is C54H59F6N14O7P. The van der Waals surface area contributed by atoms with E-state index >= 15 is 0 Å². The van der Waals surface area contributed by atoms with Gasteiger partial charge in [-0.25, -0.2) is 9.97 Å². The van der Waals surface area contributed by atoms with Gasteiger partial charge in [0.1, 0.15) is 34.3 Å². The van der Waals surface area contributed by atoms with Gasteiger partial charge in [0.25, 0.3) is 11.8 Å². The number of hydrogen-bond donors (Lipinski definition) is 4. The fourth-order valence-electron chi connectivity index (χ4n) is 10.1. The number of rotatable bonds is 18. The van der Waals surface area contributed by atoms with E-state index in [0.717, 1.165) is 63.7 Å². The zero-order valence-corrected chi connectivity index (χ0v) is 46.5. The Kier molecular flexibility index (Phi) is 16.4. The van der Waals surface area contributed by atoms with Crippen molar-refractivity contribution in [2.45, 2.75) is 38.7 Å². The van der Waals surface area contributed by atoms with Gasteiger partial charge in [0.15, 0.2) is 0 Å². The van der Waals surface area contributed by atoms with Gasteiger partial charge in [0.05, 0.1) is 61.3 Å². The Bertz CT molecular complexity index is 3210. The van der Waals surface area contributed by atoms with Crippen molar-refractivity contribution in [3.05, 3.63) is 118 Å². The second kappa shape index (κ2) is 23.5. The van der Waals surface area contributed by atoms with Gasteiger partial charge in [-0.05, 0) is 73.8 Å². The second-order valence-electron chi connectivity index (χ2n) is 20.2. The molecule has 0 unspecified atom stereocenters. The van der Waals surface area contributed by atoms with Crippen LogP contribution in [0.4, 0.5) is 84.0 Å². The molecule has 4 N–H and O–H groups in total. The van der Waals surface area contributed by atoms with Gasteiger partial charge < -0.3 is 69.2 Å². The van der Waals surface area contributed by atoms with Crippen molar-refractivity contribution in [3.63, 3.8) is 0 Å².